The van der Waals surface area contributed by atoms with E-state index in [0.717, 1.165) is 44.5 Å². The van der Waals surface area contributed by atoms with Gasteiger partial charge in [0, 0.05) is 38.0 Å². The first-order valence-electron chi connectivity index (χ1n) is 15.8. The van der Waals surface area contributed by atoms with Crippen LogP contribution >= 0.6 is 0 Å². The SMILES string of the molecule is c1ccc2c(c1)ccc1c3ccccc3n(-c3ccc4oc5ncc(-n6c7ccccc7c7ccc8ccccc8c76)nc5c4c3)c21. The van der Waals surface area contributed by atoms with Crippen LogP contribution in [0.2, 0.25) is 0 Å². The average molecular weight is 601 g/mol. The number of furan rings is 1. The smallest absolute Gasteiger partial charge is 0.246 e. The predicted octanol–water partition coefficient (Wildman–Crippen LogP) is 10.9. The van der Waals surface area contributed by atoms with Crippen molar-refractivity contribution in [2.45, 2.75) is 0 Å². The van der Waals surface area contributed by atoms with Crippen LogP contribution in [-0.2, 0) is 0 Å². The molecule has 0 aliphatic heterocycles. The Bertz CT molecular complexity index is 2880. The first-order chi connectivity index (χ1) is 23.3. The molecular formula is C42H24N4O. The molecule has 4 heterocycles. The number of nitrogens with zero attached hydrogens (tertiary/aromatic N) is 4. The van der Waals surface area contributed by atoms with Gasteiger partial charge in [0.25, 0.3) is 0 Å². The van der Waals surface area contributed by atoms with E-state index >= 15 is 0 Å². The molecule has 0 fully saturated rings. The van der Waals surface area contributed by atoms with Crippen molar-refractivity contribution in [2.75, 3.05) is 0 Å². The number of hydrogen-bond donors (Lipinski definition) is 0. The first-order valence-corrected chi connectivity index (χ1v) is 15.8. The standard InChI is InChI=1S/C42H24N4O/c1-3-11-28-25(9-1)17-20-32-30-13-5-7-15-35(30)45(40(28)32)27-19-22-37-34(23-27)39-42(47-37)43-24-38(44-39)46-36-16-8-6-14-31(36)33-21-18-26-10-2-4-12-29(26)41(33)46/h1-24H. The number of hydrogen-bond acceptors (Lipinski definition) is 3. The minimum atomic E-state index is 0.527. The maximum atomic E-state index is 6.30. The van der Waals surface area contributed by atoms with E-state index in [0.29, 0.717) is 5.71 Å². The molecule has 5 nitrogen and oxygen atoms in total. The normalized spacial score (nSPS) is 12.3. The lowest BCUT2D eigenvalue weighted by atomic mass is 10.1. The second-order valence-electron chi connectivity index (χ2n) is 12.2. The zero-order chi connectivity index (χ0) is 30.6. The molecule has 0 saturated carbocycles. The summed E-state index contributed by atoms with van der Waals surface area (Å²) >= 11 is 0. The molecule has 0 amide bonds. The van der Waals surface area contributed by atoms with Crippen molar-refractivity contribution in [3.8, 4) is 11.5 Å². The Morgan fingerprint density at radius 2 is 1.04 bits per heavy atom. The third kappa shape index (κ3) is 3.32. The molecule has 0 spiro atoms. The van der Waals surface area contributed by atoms with E-state index < -0.39 is 0 Å². The van der Waals surface area contributed by atoms with Crippen molar-refractivity contribution in [2.24, 2.45) is 0 Å². The summed E-state index contributed by atoms with van der Waals surface area (Å²) in [4.78, 5) is 10.2. The average Bonchev–Trinajstić information content (AvgIpc) is 3.79. The summed E-state index contributed by atoms with van der Waals surface area (Å²) < 4.78 is 10.9. The van der Waals surface area contributed by atoms with Crippen molar-refractivity contribution >= 4 is 87.4 Å². The lowest BCUT2D eigenvalue weighted by molar-refractivity contribution is 0.652. The van der Waals surface area contributed by atoms with E-state index in [2.05, 4.69) is 143 Å². The van der Waals surface area contributed by atoms with Crippen LogP contribution in [-0.4, -0.2) is 19.1 Å². The highest BCUT2D eigenvalue weighted by molar-refractivity contribution is 6.20. The third-order valence-corrected chi connectivity index (χ3v) is 9.76. The number of benzene rings is 7. The summed E-state index contributed by atoms with van der Waals surface area (Å²) in [6, 6.07) is 49.6. The lowest BCUT2D eigenvalue weighted by Crippen LogP contribution is -1.99. The highest BCUT2D eigenvalue weighted by Crippen LogP contribution is 2.39. The van der Waals surface area contributed by atoms with Gasteiger partial charge in [0.2, 0.25) is 5.71 Å². The second kappa shape index (κ2) is 9.05. The van der Waals surface area contributed by atoms with Gasteiger partial charge in [-0.15, -0.1) is 0 Å². The van der Waals surface area contributed by atoms with E-state index in [-0.39, 0.29) is 0 Å². The number of rotatable bonds is 2. The van der Waals surface area contributed by atoms with E-state index in [1.54, 1.807) is 0 Å². The number of fused-ring (bicyclic) bond motifs is 13. The topological polar surface area (TPSA) is 48.8 Å². The van der Waals surface area contributed by atoms with Gasteiger partial charge in [0.05, 0.1) is 33.6 Å². The van der Waals surface area contributed by atoms with Gasteiger partial charge in [-0.25, -0.2) is 9.97 Å². The lowest BCUT2D eigenvalue weighted by Gasteiger charge is -2.10. The molecule has 4 aromatic heterocycles. The maximum Gasteiger partial charge on any atom is 0.246 e. The molecule has 11 aromatic rings. The van der Waals surface area contributed by atoms with Crippen LogP contribution in [0.3, 0.4) is 0 Å². The van der Waals surface area contributed by atoms with Crippen molar-refractivity contribution in [3.05, 3.63) is 146 Å². The van der Waals surface area contributed by atoms with E-state index in [1.807, 2.05) is 12.3 Å². The Hall–Kier alpha value is -6.46. The molecule has 0 bridgehead atoms. The Morgan fingerprint density at radius 3 is 1.72 bits per heavy atom. The van der Waals surface area contributed by atoms with Gasteiger partial charge < -0.3 is 8.98 Å². The van der Waals surface area contributed by atoms with E-state index in [4.69, 9.17) is 14.4 Å². The highest BCUT2D eigenvalue weighted by atomic mass is 16.3. The number of aromatic nitrogens is 4. The van der Waals surface area contributed by atoms with Crippen LogP contribution in [0.25, 0.3) is 98.9 Å². The van der Waals surface area contributed by atoms with E-state index in [9.17, 15) is 0 Å². The molecule has 11 rings (SSSR count). The van der Waals surface area contributed by atoms with Crippen molar-refractivity contribution in [1.82, 2.24) is 19.1 Å². The van der Waals surface area contributed by atoms with Crippen molar-refractivity contribution < 1.29 is 4.42 Å². The predicted molar refractivity (Wildman–Crippen MR) is 193 cm³/mol. The molecule has 7 aromatic carbocycles. The minimum absolute atomic E-state index is 0.527. The molecule has 0 N–H and O–H groups in total. The van der Waals surface area contributed by atoms with Crippen LogP contribution in [0.4, 0.5) is 0 Å². The monoisotopic (exact) mass is 600 g/mol. The molecule has 0 unspecified atom stereocenters. The summed E-state index contributed by atoms with van der Waals surface area (Å²) in [5, 5.41) is 10.6. The fraction of sp³-hybridized carbons (Fsp3) is 0. The second-order valence-corrected chi connectivity index (χ2v) is 12.2. The fourth-order valence-corrected chi connectivity index (χ4v) is 7.73. The van der Waals surface area contributed by atoms with Gasteiger partial charge in [-0.2, -0.15) is 0 Å². The molecule has 218 valence electrons. The Balaban J connectivity index is 1.21. The number of para-hydroxylation sites is 2. The van der Waals surface area contributed by atoms with Gasteiger partial charge in [-0.05, 0) is 41.1 Å². The Morgan fingerprint density at radius 1 is 0.468 bits per heavy atom. The summed E-state index contributed by atoms with van der Waals surface area (Å²) in [7, 11) is 0. The summed E-state index contributed by atoms with van der Waals surface area (Å²) in [5.74, 6) is 0.760. The summed E-state index contributed by atoms with van der Waals surface area (Å²) in [5.41, 5.74) is 7.67. The van der Waals surface area contributed by atoms with Gasteiger partial charge in [0.15, 0.2) is 5.82 Å². The third-order valence-electron chi connectivity index (χ3n) is 9.76. The van der Waals surface area contributed by atoms with Crippen molar-refractivity contribution in [1.29, 1.82) is 0 Å². The van der Waals surface area contributed by atoms with Crippen molar-refractivity contribution in [3.63, 3.8) is 0 Å². The summed E-state index contributed by atoms with van der Waals surface area (Å²) in [6.45, 7) is 0. The molecule has 47 heavy (non-hydrogen) atoms. The van der Waals surface area contributed by atoms with Crippen LogP contribution in [0.1, 0.15) is 0 Å². The Labute approximate surface area is 267 Å². The quantitative estimate of drug-likeness (QED) is 0.198. The fourth-order valence-electron chi connectivity index (χ4n) is 7.73. The van der Waals surface area contributed by atoms with Crippen LogP contribution in [0, 0.1) is 0 Å². The maximum absolute atomic E-state index is 6.30. The van der Waals surface area contributed by atoms with Crippen LogP contribution < -0.4 is 0 Å². The molecule has 0 saturated heterocycles. The minimum Gasteiger partial charge on any atom is -0.436 e. The molecule has 0 aliphatic carbocycles. The van der Waals surface area contributed by atoms with Gasteiger partial charge in [-0.3, -0.25) is 4.57 Å². The molecular weight excluding hydrogens is 576 g/mol. The molecule has 0 atom stereocenters. The van der Waals surface area contributed by atoms with Crippen LogP contribution in [0.15, 0.2) is 150 Å². The first kappa shape index (κ1) is 24.8. The van der Waals surface area contributed by atoms with E-state index in [1.165, 1.54) is 48.6 Å². The molecule has 5 heteroatoms. The Kier molecular flexibility index (Phi) is 4.78. The zero-order valence-electron chi connectivity index (χ0n) is 25.1. The summed E-state index contributed by atoms with van der Waals surface area (Å²) in [6.07, 6.45) is 1.83. The zero-order valence-corrected chi connectivity index (χ0v) is 25.1. The van der Waals surface area contributed by atoms with Crippen LogP contribution in [0.5, 0.6) is 0 Å². The molecule has 0 radical (unpaired) electrons. The van der Waals surface area contributed by atoms with Gasteiger partial charge in [0.1, 0.15) is 11.1 Å². The highest BCUT2D eigenvalue weighted by Gasteiger charge is 2.20. The van der Waals surface area contributed by atoms with Gasteiger partial charge in [-0.1, -0.05) is 109 Å². The molecule has 0 aliphatic rings. The van der Waals surface area contributed by atoms with Gasteiger partial charge >= 0.3 is 0 Å². The largest absolute Gasteiger partial charge is 0.436 e.